The van der Waals surface area contributed by atoms with E-state index < -0.39 is 34.9 Å². The Bertz CT molecular complexity index is 561. The smallest absolute Gasteiger partial charge is 0.176 e. The van der Waals surface area contributed by atoms with Crippen LogP contribution in [0.25, 0.3) is 0 Å². The largest absolute Gasteiger partial charge is 0.508 e. The summed E-state index contributed by atoms with van der Waals surface area (Å²) in [6.07, 6.45) is 1.38. The van der Waals surface area contributed by atoms with E-state index in [4.69, 9.17) is 0 Å². The fraction of sp³-hybridized carbons (Fsp3) is 0.818. The first-order valence-electron chi connectivity index (χ1n) is 10.3. The second-order valence-electron chi connectivity index (χ2n) is 9.28. The molecule has 0 aromatic rings. The van der Waals surface area contributed by atoms with Gasteiger partial charge in [-0.3, -0.25) is 9.59 Å². The van der Waals surface area contributed by atoms with Gasteiger partial charge in [0.1, 0.15) is 11.3 Å². The van der Waals surface area contributed by atoms with E-state index in [9.17, 15) is 24.9 Å². The van der Waals surface area contributed by atoms with Gasteiger partial charge in [-0.25, -0.2) is 0 Å². The Labute approximate surface area is 163 Å². The summed E-state index contributed by atoms with van der Waals surface area (Å²) in [7, 11) is 0. The van der Waals surface area contributed by atoms with Gasteiger partial charge in [0.2, 0.25) is 0 Å². The maximum atomic E-state index is 13.0. The molecule has 0 bridgehead atoms. The van der Waals surface area contributed by atoms with Crippen molar-refractivity contribution in [3.8, 4) is 0 Å². The van der Waals surface area contributed by atoms with Crippen molar-refractivity contribution in [2.45, 2.75) is 91.8 Å². The third-order valence-corrected chi connectivity index (χ3v) is 5.50. The molecule has 0 amide bonds. The highest BCUT2D eigenvalue weighted by Crippen LogP contribution is 2.44. The van der Waals surface area contributed by atoms with Gasteiger partial charge >= 0.3 is 0 Å². The van der Waals surface area contributed by atoms with Crippen LogP contribution in [0.2, 0.25) is 0 Å². The molecule has 0 saturated carbocycles. The number of aliphatic hydroxyl groups is 3. The van der Waals surface area contributed by atoms with E-state index in [0.29, 0.717) is 43.4 Å². The summed E-state index contributed by atoms with van der Waals surface area (Å²) in [6, 6.07) is 0. The standard InChI is InChI=1S/C22H38O5/c1-13(2)7-10-16-20(25)19(17(23)11-8-14(3)4)21(26)22(16,27)18(24)12-9-15(5)6/h13-16,18,24,26-27H,7-12H2,1-6H3/t16-,18?,22?/m1/s1. The number of ketones is 2. The van der Waals surface area contributed by atoms with Gasteiger partial charge in [-0.2, -0.15) is 0 Å². The Morgan fingerprint density at radius 3 is 1.96 bits per heavy atom. The average Bonchev–Trinajstić information content (AvgIpc) is 2.75. The van der Waals surface area contributed by atoms with Gasteiger partial charge in [0, 0.05) is 6.42 Å². The Balaban J connectivity index is 3.20. The molecule has 0 radical (unpaired) electrons. The van der Waals surface area contributed by atoms with Gasteiger partial charge in [-0.1, -0.05) is 48.0 Å². The second kappa shape index (κ2) is 9.83. The highest BCUT2D eigenvalue weighted by molar-refractivity contribution is 6.23. The highest BCUT2D eigenvalue weighted by Gasteiger charge is 2.58. The normalized spacial score (nSPS) is 24.6. The van der Waals surface area contributed by atoms with Gasteiger partial charge in [0.15, 0.2) is 17.2 Å². The van der Waals surface area contributed by atoms with E-state index >= 15 is 0 Å². The number of Topliss-reactive ketones (excluding diaryl/α,β-unsaturated/α-hetero) is 2. The minimum Gasteiger partial charge on any atom is -0.508 e. The van der Waals surface area contributed by atoms with E-state index in [2.05, 4.69) is 0 Å². The molecule has 0 aliphatic heterocycles. The summed E-state index contributed by atoms with van der Waals surface area (Å²) < 4.78 is 0. The number of hydrogen-bond donors (Lipinski definition) is 3. The van der Waals surface area contributed by atoms with E-state index in [0.717, 1.165) is 0 Å². The molecule has 27 heavy (non-hydrogen) atoms. The van der Waals surface area contributed by atoms with Gasteiger partial charge < -0.3 is 15.3 Å². The molecule has 156 valence electrons. The van der Waals surface area contributed by atoms with Crippen LogP contribution < -0.4 is 0 Å². The molecule has 5 nitrogen and oxygen atoms in total. The Hall–Kier alpha value is -1.20. The molecule has 0 aromatic heterocycles. The molecular weight excluding hydrogens is 344 g/mol. The van der Waals surface area contributed by atoms with Crippen molar-refractivity contribution in [3.63, 3.8) is 0 Å². The molecule has 0 fully saturated rings. The zero-order chi connectivity index (χ0) is 20.9. The molecule has 2 unspecified atom stereocenters. The summed E-state index contributed by atoms with van der Waals surface area (Å²) in [4.78, 5) is 25.6. The van der Waals surface area contributed by atoms with E-state index in [1.165, 1.54) is 0 Å². The number of carbonyl (C=O) groups is 2. The van der Waals surface area contributed by atoms with E-state index in [1.54, 1.807) is 0 Å². The molecule has 3 N–H and O–H groups in total. The maximum absolute atomic E-state index is 13.0. The van der Waals surface area contributed by atoms with Crippen LogP contribution in [0, 0.1) is 23.7 Å². The van der Waals surface area contributed by atoms with Crippen molar-refractivity contribution in [1.29, 1.82) is 0 Å². The van der Waals surface area contributed by atoms with Gasteiger partial charge in [-0.05, 0) is 43.4 Å². The van der Waals surface area contributed by atoms with Crippen LogP contribution in [-0.2, 0) is 9.59 Å². The van der Waals surface area contributed by atoms with Crippen LogP contribution in [0.5, 0.6) is 0 Å². The highest BCUT2D eigenvalue weighted by atomic mass is 16.4. The predicted molar refractivity (Wildman–Crippen MR) is 106 cm³/mol. The molecule has 5 heteroatoms. The summed E-state index contributed by atoms with van der Waals surface area (Å²) >= 11 is 0. The van der Waals surface area contributed by atoms with E-state index in [1.807, 2.05) is 41.5 Å². The zero-order valence-corrected chi connectivity index (χ0v) is 17.8. The number of rotatable bonds is 11. The summed E-state index contributed by atoms with van der Waals surface area (Å²) in [6.45, 7) is 12.0. The van der Waals surface area contributed by atoms with Crippen molar-refractivity contribution in [3.05, 3.63) is 11.3 Å². The maximum Gasteiger partial charge on any atom is 0.176 e. The minimum absolute atomic E-state index is 0.151. The lowest BCUT2D eigenvalue weighted by molar-refractivity contribution is -0.137. The Morgan fingerprint density at radius 2 is 1.48 bits per heavy atom. The predicted octanol–water partition coefficient (Wildman–Crippen LogP) is 3.97. The van der Waals surface area contributed by atoms with Crippen LogP contribution in [0.4, 0.5) is 0 Å². The number of aliphatic hydroxyl groups excluding tert-OH is 2. The van der Waals surface area contributed by atoms with Gasteiger partial charge in [0.25, 0.3) is 0 Å². The van der Waals surface area contributed by atoms with Gasteiger partial charge in [0.05, 0.1) is 12.0 Å². The number of carbonyl (C=O) groups excluding carboxylic acids is 2. The second-order valence-corrected chi connectivity index (χ2v) is 9.28. The molecular formula is C22H38O5. The lowest BCUT2D eigenvalue weighted by atomic mass is 9.78. The minimum atomic E-state index is -2.07. The van der Waals surface area contributed by atoms with Crippen LogP contribution in [0.1, 0.15) is 80.1 Å². The number of hydrogen-bond acceptors (Lipinski definition) is 5. The lowest BCUT2D eigenvalue weighted by Crippen LogP contribution is -2.49. The fourth-order valence-corrected chi connectivity index (χ4v) is 3.62. The fourth-order valence-electron chi connectivity index (χ4n) is 3.62. The Kier molecular flexibility index (Phi) is 8.68. The topological polar surface area (TPSA) is 94.8 Å². The third kappa shape index (κ3) is 5.64. The van der Waals surface area contributed by atoms with Crippen molar-refractivity contribution in [2.24, 2.45) is 23.7 Å². The van der Waals surface area contributed by atoms with Crippen LogP contribution in [0.3, 0.4) is 0 Å². The lowest BCUT2D eigenvalue weighted by Gasteiger charge is -2.34. The van der Waals surface area contributed by atoms with Crippen LogP contribution in [0.15, 0.2) is 11.3 Å². The SMILES string of the molecule is CC(C)CCC(=O)C1=C(O)C(O)(C(O)CCC(C)C)[C@H](CCC(C)C)C1=O. The molecule has 1 aliphatic carbocycles. The first-order valence-corrected chi connectivity index (χ1v) is 10.3. The molecule has 0 spiro atoms. The molecule has 0 saturated heterocycles. The van der Waals surface area contributed by atoms with Crippen molar-refractivity contribution < 1.29 is 24.9 Å². The van der Waals surface area contributed by atoms with Crippen LogP contribution >= 0.6 is 0 Å². The monoisotopic (exact) mass is 382 g/mol. The molecule has 0 aromatic carbocycles. The molecule has 1 aliphatic rings. The quantitative estimate of drug-likeness (QED) is 0.470. The number of allylic oxidation sites excluding steroid dienone is 1. The Morgan fingerprint density at radius 1 is 0.963 bits per heavy atom. The molecule has 1 rings (SSSR count). The van der Waals surface area contributed by atoms with Gasteiger partial charge in [-0.15, -0.1) is 0 Å². The third-order valence-electron chi connectivity index (χ3n) is 5.50. The zero-order valence-electron chi connectivity index (χ0n) is 17.8. The first-order chi connectivity index (χ1) is 12.4. The van der Waals surface area contributed by atoms with Crippen LogP contribution in [-0.4, -0.2) is 38.6 Å². The summed E-state index contributed by atoms with van der Waals surface area (Å²) in [5.74, 6) is -1.64. The molecule has 0 heterocycles. The summed E-state index contributed by atoms with van der Waals surface area (Å²) in [5.41, 5.74) is -2.36. The first kappa shape index (κ1) is 23.8. The molecule has 3 atom stereocenters. The van der Waals surface area contributed by atoms with Crippen molar-refractivity contribution in [1.82, 2.24) is 0 Å². The van der Waals surface area contributed by atoms with Crippen molar-refractivity contribution >= 4 is 11.6 Å². The average molecular weight is 383 g/mol. The van der Waals surface area contributed by atoms with E-state index in [-0.39, 0.29) is 18.4 Å². The van der Waals surface area contributed by atoms with Crippen molar-refractivity contribution in [2.75, 3.05) is 0 Å². The summed E-state index contributed by atoms with van der Waals surface area (Å²) in [5, 5.41) is 32.7.